The van der Waals surface area contributed by atoms with Crippen LogP contribution in [0.5, 0.6) is 5.75 Å². The summed E-state index contributed by atoms with van der Waals surface area (Å²) in [5, 5.41) is 3.03. The Hall–Kier alpha value is -3.43. The Morgan fingerprint density at radius 3 is 2.47 bits per heavy atom. The number of ether oxygens (including phenoxy) is 3. The summed E-state index contributed by atoms with van der Waals surface area (Å²) in [6.07, 6.45) is -0.975. The average Bonchev–Trinajstić information content (AvgIpc) is 3.46. The Kier molecular flexibility index (Phi) is 7.20. The van der Waals surface area contributed by atoms with Crippen LogP contribution in [0, 0.1) is 0 Å². The van der Waals surface area contributed by atoms with Gasteiger partial charge in [0.2, 0.25) is 0 Å². The minimum absolute atomic E-state index is 0.0829. The van der Waals surface area contributed by atoms with Crippen LogP contribution in [0.2, 0.25) is 0 Å². The number of carbonyl (C=O) groups excluding carboxylic acids is 2. The number of halogens is 1. The fourth-order valence-electron chi connectivity index (χ4n) is 4.38. The van der Waals surface area contributed by atoms with Crippen LogP contribution in [0.15, 0.2) is 83.3 Å². The summed E-state index contributed by atoms with van der Waals surface area (Å²) in [6, 6.07) is 23.6. The Balaban J connectivity index is 1.40. The highest BCUT2D eigenvalue weighted by atomic mass is 79.9. The van der Waals surface area contributed by atoms with Gasteiger partial charge in [0, 0.05) is 10.0 Å². The SMILES string of the molecule is O=C1OC[C@H](Cc2ccccc2)N1C(=O)[C@H]1NC(=S)O[C@@H]1c1cc(Br)ccc1OCc1ccccc1. The molecule has 0 bridgehead atoms. The number of hydrogen-bond donors (Lipinski definition) is 1. The van der Waals surface area contributed by atoms with Crippen molar-refractivity contribution in [2.75, 3.05) is 6.61 Å². The average molecular weight is 567 g/mol. The zero-order chi connectivity index (χ0) is 25.1. The molecule has 2 heterocycles. The second-order valence-electron chi connectivity index (χ2n) is 8.53. The Labute approximate surface area is 222 Å². The number of carbonyl (C=O) groups is 2. The van der Waals surface area contributed by atoms with Gasteiger partial charge in [-0.2, -0.15) is 0 Å². The number of rotatable bonds is 7. The minimum atomic E-state index is -0.921. The molecule has 5 rings (SSSR count). The van der Waals surface area contributed by atoms with Crippen LogP contribution >= 0.6 is 28.1 Å². The molecule has 2 saturated heterocycles. The first-order valence-corrected chi connectivity index (χ1v) is 12.7. The van der Waals surface area contributed by atoms with Gasteiger partial charge in [-0.3, -0.25) is 4.79 Å². The van der Waals surface area contributed by atoms with E-state index in [0.717, 1.165) is 15.6 Å². The van der Waals surface area contributed by atoms with E-state index < -0.39 is 30.2 Å². The van der Waals surface area contributed by atoms with E-state index in [0.29, 0.717) is 24.3 Å². The molecule has 184 valence electrons. The summed E-state index contributed by atoms with van der Waals surface area (Å²) in [5.41, 5.74) is 2.65. The fourth-order valence-corrected chi connectivity index (χ4v) is 4.99. The maximum Gasteiger partial charge on any atom is 0.417 e. The lowest BCUT2D eigenvalue weighted by molar-refractivity contribution is -0.132. The molecule has 3 aromatic carbocycles. The van der Waals surface area contributed by atoms with Gasteiger partial charge in [-0.25, -0.2) is 9.69 Å². The number of amides is 2. The monoisotopic (exact) mass is 566 g/mol. The summed E-state index contributed by atoms with van der Waals surface area (Å²) < 4.78 is 18.1. The van der Waals surface area contributed by atoms with Gasteiger partial charge in [-0.05, 0) is 48.0 Å². The number of imide groups is 1. The first kappa shape index (κ1) is 24.3. The lowest BCUT2D eigenvalue weighted by atomic mass is 9.99. The molecule has 2 fully saturated rings. The highest BCUT2D eigenvalue weighted by Crippen LogP contribution is 2.37. The van der Waals surface area contributed by atoms with Crippen molar-refractivity contribution in [1.82, 2.24) is 10.2 Å². The van der Waals surface area contributed by atoms with Crippen molar-refractivity contribution in [3.8, 4) is 5.75 Å². The molecular formula is C27H23BrN2O5S. The third-order valence-corrected chi connectivity index (χ3v) is 6.81. The van der Waals surface area contributed by atoms with Crippen LogP contribution in [0.1, 0.15) is 22.8 Å². The van der Waals surface area contributed by atoms with E-state index in [-0.39, 0.29) is 11.8 Å². The van der Waals surface area contributed by atoms with Crippen molar-refractivity contribution in [3.63, 3.8) is 0 Å². The molecule has 9 heteroatoms. The molecule has 0 aromatic heterocycles. The largest absolute Gasteiger partial charge is 0.488 e. The van der Waals surface area contributed by atoms with Gasteiger partial charge in [0.25, 0.3) is 11.1 Å². The third-order valence-electron chi connectivity index (χ3n) is 6.10. The summed E-state index contributed by atoms with van der Waals surface area (Å²) in [5.74, 6) is 0.0958. The Morgan fingerprint density at radius 2 is 1.75 bits per heavy atom. The van der Waals surface area contributed by atoms with Crippen LogP contribution in [0.25, 0.3) is 0 Å². The van der Waals surface area contributed by atoms with E-state index >= 15 is 0 Å². The summed E-state index contributed by atoms with van der Waals surface area (Å²) >= 11 is 8.78. The smallest absolute Gasteiger partial charge is 0.417 e. The predicted molar refractivity (Wildman–Crippen MR) is 140 cm³/mol. The van der Waals surface area contributed by atoms with Crippen molar-refractivity contribution in [2.24, 2.45) is 0 Å². The normalized spacial score (nSPS) is 21.0. The van der Waals surface area contributed by atoms with Crippen LogP contribution in [0.3, 0.4) is 0 Å². The fraction of sp³-hybridized carbons (Fsp3) is 0.222. The maximum atomic E-state index is 13.7. The molecule has 0 radical (unpaired) electrons. The van der Waals surface area contributed by atoms with Crippen molar-refractivity contribution >= 4 is 45.3 Å². The Bertz CT molecular complexity index is 1270. The summed E-state index contributed by atoms with van der Waals surface area (Å²) in [6.45, 7) is 0.473. The quantitative estimate of drug-likeness (QED) is 0.406. The van der Waals surface area contributed by atoms with E-state index in [1.54, 1.807) is 0 Å². The van der Waals surface area contributed by atoms with Crippen molar-refractivity contribution in [3.05, 3.63) is 100 Å². The summed E-state index contributed by atoms with van der Waals surface area (Å²) in [4.78, 5) is 27.5. The van der Waals surface area contributed by atoms with Gasteiger partial charge in [0.1, 0.15) is 19.0 Å². The van der Waals surface area contributed by atoms with Crippen LogP contribution in [0.4, 0.5) is 4.79 Å². The van der Waals surface area contributed by atoms with Gasteiger partial charge in [-0.15, -0.1) is 0 Å². The molecular weight excluding hydrogens is 544 g/mol. The zero-order valence-electron chi connectivity index (χ0n) is 19.1. The number of thiocarbonyl (C=S) groups is 1. The van der Waals surface area contributed by atoms with Gasteiger partial charge in [0.05, 0.1) is 6.04 Å². The first-order chi connectivity index (χ1) is 17.5. The second kappa shape index (κ2) is 10.7. The van der Waals surface area contributed by atoms with Gasteiger partial charge >= 0.3 is 6.09 Å². The number of cyclic esters (lactones) is 1. The molecule has 2 aliphatic heterocycles. The molecule has 2 aliphatic rings. The second-order valence-corrected chi connectivity index (χ2v) is 9.82. The lowest BCUT2D eigenvalue weighted by Gasteiger charge is -2.25. The van der Waals surface area contributed by atoms with E-state index in [1.165, 1.54) is 4.90 Å². The molecule has 7 nitrogen and oxygen atoms in total. The molecule has 3 atom stereocenters. The zero-order valence-corrected chi connectivity index (χ0v) is 21.5. The molecule has 2 amide bonds. The summed E-state index contributed by atoms with van der Waals surface area (Å²) in [7, 11) is 0. The van der Waals surface area contributed by atoms with Gasteiger partial charge in [-0.1, -0.05) is 76.6 Å². The molecule has 1 N–H and O–H groups in total. The number of nitrogens with zero attached hydrogens (tertiary/aromatic N) is 1. The Morgan fingerprint density at radius 1 is 1.06 bits per heavy atom. The van der Waals surface area contributed by atoms with E-state index in [2.05, 4.69) is 21.2 Å². The topological polar surface area (TPSA) is 77.1 Å². The van der Waals surface area contributed by atoms with Crippen LogP contribution in [-0.2, 0) is 27.3 Å². The number of hydrogen-bond acceptors (Lipinski definition) is 6. The number of nitrogens with one attached hydrogen (secondary N) is 1. The minimum Gasteiger partial charge on any atom is -0.488 e. The predicted octanol–water partition coefficient (Wildman–Crippen LogP) is 4.93. The highest BCUT2D eigenvalue weighted by Gasteiger charge is 2.48. The molecule has 36 heavy (non-hydrogen) atoms. The standard InChI is InChI=1S/C27H23BrN2O5S/c28-19-11-12-22(33-15-18-9-5-2-6-10-18)21(14-19)24-23(29-26(36)35-24)25(31)30-20(16-34-27(30)32)13-17-7-3-1-4-8-17/h1-12,14,20,23-24H,13,15-16H2,(H,29,36)/t20-,23-,24+/m0/s1. The van der Waals surface area contributed by atoms with Crippen molar-refractivity contribution < 1.29 is 23.8 Å². The first-order valence-electron chi connectivity index (χ1n) is 11.5. The molecule has 0 aliphatic carbocycles. The molecule has 0 spiro atoms. The molecule has 3 aromatic rings. The van der Waals surface area contributed by atoms with E-state index in [9.17, 15) is 9.59 Å². The lowest BCUT2D eigenvalue weighted by Crippen LogP contribution is -2.50. The maximum absolute atomic E-state index is 13.7. The van der Waals surface area contributed by atoms with Gasteiger partial charge in [0.15, 0.2) is 12.1 Å². The third kappa shape index (κ3) is 5.22. The van der Waals surface area contributed by atoms with Crippen molar-refractivity contribution in [2.45, 2.75) is 31.2 Å². The molecule has 0 saturated carbocycles. The number of benzene rings is 3. The highest BCUT2D eigenvalue weighted by molar-refractivity contribution is 9.10. The van der Waals surface area contributed by atoms with Crippen LogP contribution in [-0.4, -0.2) is 40.8 Å². The van der Waals surface area contributed by atoms with Gasteiger partial charge < -0.3 is 19.5 Å². The van der Waals surface area contributed by atoms with E-state index in [4.69, 9.17) is 26.4 Å². The van der Waals surface area contributed by atoms with Crippen molar-refractivity contribution in [1.29, 1.82) is 0 Å². The molecule has 0 unspecified atom stereocenters. The van der Waals surface area contributed by atoms with Crippen LogP contribution < -0.4 is 10.1 Å². The van der Waals surface area contributed by atoms with E-state index in [1.807, 2.05) is 78.9 Å².